The van der Waals surface area contributed by atoms with Crippen molar-refractivity contribution in [2.45, 2.75) is 33.3 Å². The largest absolute Gasteiger partial charge is 0.462 e. The van der Waals surface area contributed by atoms with E-state index in [4.69, 9.17) is 4.74 Å². The third-order valence-corrected chi connectivity index (χ3v) is 1.29. The molecular weight excluding hydrogens is 128 g/mol. The first-order valence-corrected chi connectivity index (χ1v) is 3.61. The highest BCUT2D eigenvalue weighted by Gasteiger charge is 2.10. The topological polar surface area (TPSA) is 26.3 Å². The molecule has 2 unspecified atom stereocenters. The summed E-state index contributed by atoms with van der Waals surface area (Å²) in [7, 11) is 0. The minimum absolute atomic E-state index is 0.0247. The van der Waals surface area contributed by atoms with Gasteiger partial charge in [-0.2, -0.15) is 0 Å². The second-order valence-corrected chi connectivity index (χ2v) is 2.56. The van der Waals surface area contributed by atoms with Gasteiger partial charge in [-0.3, -0.25) is 4.79 Å². The van der Waals surface area contributed by atoms with Crippen molar-refractivity contribution in [2.24, 2.45) is 5.92 Å². The Balaban J connectivity index is 3.57. The van der Waals surface area contributed by atoms with E-state index < -0.39 is 0 Å². The van der Waals surface area contributed by atoms with Crippen molar-refractivity contribution >= 4 is 5.97 Å². The summed E-state index contributed by atoms with van der Waals surface area (Å²) >= 11 is 0. The number of carbonyl (C=O) groups is 1. The standard InChI is InChI=1S/C8H15O2/c1-5-7(4)10-8(9)6(2)3/h6-7H,2,5H2,1,3-4H3. The highest BCUT2D eigenvalue weighted by atomic mass is 16.5. The lowest BCUT2D eigenvalue weighted by Gasteiger charge is -2.11. The summed E-state index contributed by atoms with van der Waals surface area (Å²) in [6, 6.07) is 0. The van der Waals surface area contributed by atoms with Crippen LogP contribution in [0.3, 0.4) is 0 Å². The van der Waals surface area contributed by atoms with Gasteiger partial charge in [-0.15, -0.1) is 0 Å². The van der Waals surface area contributed by atoms with E-state index in [1.807, 2.05) is 13.8 Å². The highest BCUT2D eigenvalue weighted by Crippen LogP contribution is 2.01. The van der Waals surface area contributed by atoms with Crippen LogP contribution in [0.2, 0.25) is 0 Å². The molecule has 0 heterocycles. The van der Waals surface area contributed by atoms with E-state index >= 15 is 0 Å². The average molecular weight is 143 g/mol. The van der Waals surface area contributed by atoms with E-state index in [9.17, 15) is 4.79 Å². The van der Waals surface area contributed by atoms with Gasteiger partial charge in [0.1, 0.15) is 0 Å². The summed E-state index contributed by atoms with van der Waals surface area (Å²) in [6.45, 7) is 9.13. The lowest BCUT2D eigenvalue weighted by Crippen LogP contribution is -2.18. The number of hydrogen-bond donors (Lipinski definition) is 0. The molecule has 2 heteroatoms. The maximum absolute atomic E-state index is 10.8. The normalized spacial score (nSPS) is 13.3. The second kappa shape index (κ2) is 4.31. The van der Waals surface area contributed by atoms with Crippen molar-refractivity contribution in [3.05, 3.63) is 6.92 Å². The Kier molecular flexibility index (Phi) is 4.08. The molecule has 10 heavy (non-hydrogen) atoms. The molecule has 1 radical (unpaired) electrons. The molecule has 2 nitrogen and oxygen atoms in total. The molecule has 0 saturated heterocycles. The third-order valence-electron chi connectivity index (χ3n) is 1.29. The maximum Gasteiger partial charge on any atom is 0.308 e. The minimum atomic E-state index is -0.256. The quantitative estimate of drug-likeness (QED) is 0.563. The summed E-state index contributed by atoms with van der Waals surface area (Å²) in [5, 5.41) is 0. The molecule has 0 aromatic rings. The smallest absolute Gasteiger partial charge is 0.308 e. The Labute approximate surface area is 62.6 Å². The number of esters is 1. The van der Waals surface area contributed by atoms with Crippen LogP contribution in [0.4, 0.5) is 0 Å². The molecule has 0 aliphatic carbocycles. The molecule has 0 aromatic carbocycles. The molecule has 59 valence electrons. The fraction of sp³-hybridized carbons (Fsp3) is 0.750. The molecule has 0 saturated carbocycles. The first kappa shape index (κ1) is 9.47. The molecule has 0 spiro atoms. The van der Waals surface area contributed by atoms with Gasteiger partial charge in [0, 0.05) is 0 Å². The van der Waals surface area contributed by atoms with E-state index in [1.165, 1.54) is 0 Å². The number of ether oxygens (including phenoxy) is 1. The van der Waals surface area contributed by atoms with Crippen molar-refractivity contribution in [1.82, 2.24) is 0 Å². The van der Waals surface area contributed by atoms with E-state index in [0.717, 1.165) is 6.42 Å². The zero-order valence-corrected chi connectivity index (χ0v) is 6.89. The van der Waals surface area contributed by atoms with Crippen LogP contribution in [-0.2, 0) is 9.53 Å². The monoisotopic (exact) mass is 143 g/mol. The molecule has 0 bridgehead atoms. The summed E-state index contributed by atoms with van der Waals surface area (Å²) in [5.41, 5.74) is 0. The fourth-order valence-electron chi connectivity index (χ4n) is 0.398. The predicted molar refractivity (Wildman–Crippen MR) is 40.4 cm³/mol. The Morgan fingerprint density at radius 2 is 2.10 bits per heavy atom. The Morgan fingerprint density at radius 3 is 2.40 bits per heavy atom. The van der Waals surface area contributed by atoms with Crippen LogP contribution in [0.5, 0.6) is 0 Å². The van der Waals surface area contributed by atoms with Gasteiger partial charge in [0.2, 0.25) is 0 Å². The predicted octanol–water partition coefficient (Wildman–Crippen LogP) is 1.80. The summed E-state index contributed by atoms with van der Waals surface area (Å²) in [6.07, 6.45) is 0.884. The fourth-order valence-corrected chi connectivity index (χ4v) is 0.398. The van der Waals surface area contributed by atoms with Gasteiger partial charge in [-0.25, -0.2) is 0 Å². The molecule has 0 aliphatic rings. The molecule has 0 N–H and O–H groups in total. The van der Waals surface area contributed by atoms with Gasteiger partial charge in [0.05, 0.1) is 12.0 Å². The van der Waals surface area contributed by atoms with Crippen LogP contribution >= 0.6 is 0 Å². The van der Waals surface area contributed by atoms with Crippen molar-refractivity contribution in [2.75, 3.05) is 0 Å². The van der Waals surface area contributed by atoms with Gasteiger partial charge in [0.25, 0.3) is 0 Å². The molecule has 0 aromatic heterocycles. The highest BCUT2D eigenvalue weighted by molar-refractivity contribution is 5.72. The first-order chi connectivity index (χ1) is 4.57. The lowest BCUT2D eigenvalue weighted by molar-refractivity contribution is -0.151. The van der Waals surface area contributed by atoms with Crippen LogP contribution in [0, 0.1) is 12.8 Å². The first-order valence-electron chi connectivity index (χ1n) is 3.61. The lowest BCUT2D eigenvalue weighted by atomic mass is 10.2. The molecular formula is C8H15O2. The zero-order valence-electron chi connectivity index (χ0n) is 6.89. The molecule has 0 rings (SSSR count). The zero-order chi connectivity index (χ0) is 8.15. The molecule has 0 fully saturated rings. The number of rotatable bonds is 3. The Hall–Kier alpha value is -0.530. The van der Waals surface area contributed by atoms with E-state index in [0.29, 0.717) is 0 Å². The minimum Gasteiger partial charge on any atom is -0.462 e. The van der Waals surface area contributed by atoms with Crippen molar-refractivity contribution in [3.8, 4) is 0 Å². The molecule has 0 amide bonds. The van der Waals surface area contributed by atoms with Crippen LogP contribution in [0.15, 0.2) is 0 Å². The number of carbonyl (C=O) groups excluding carboxylic acids is 1. The SMILES string of the molecule is [CH2]C(C)C(=O)OC(C)CC. The Bertz CT molecular complexity index is 108. The molecule has 2 atom stereocenters. The van der Waals surface area contributed by atoms with Crippen molar-refractivity contribution in [3.63, 3.8) is 0 Å². The second-order valence-electron chi connectivity index (χ2n) is 2.56. The summed E-state index contributed by atoms with van der Waals surface area (Å²) in [4.78, 5) is 10.8. The Morgan fingerprint density at radius 1 is 1.60 bits per heavy atom. The van der Waals surface area contributed by atoms with Crippen LogP contribution in [0.25, 0.3) is 0 Å². The third kappa shape index (κ3) is 3.49. The van der Waals surface area contributed by atoms with E-state index in [1.54, 1.807) is 6.92 Å². The van der Waals surface area contributed by atoms with Gasteiger partial charge in [-0.1, -0.05) is 13.8 Å². The average Bonchev–Trinajstić information content (AvgIpc) is 1.87. The van der Waals surface area contributed by atoms with Crippen molar-refractivity contribution < 1.29 is 9.53 Å². The van der Waals surface area contributed by atoms with Crippen LogP contribution < -0.4 is 0 Å². The maximum atomic E-state index is 10.8. The summed E-state index contributed by atoms with van der Waals surface area (Å²) < 4.78 is 4.96. The van der Waals surface area contributed by atoms with E-state index in [2.05, 4.69) is 6.92 Å². The summed E-state index contributed by atoms with van der Waals surface area (Å²) in [5.74, 6) is -0.469. The van der Waals surface area contributed by atoms with Crippen LogP contribution in [-0.4, -0.2) is 12.1 Å². The number of hydrogen-bond acceptors (Lipinski definition) is 2. The van der Waals surface area contributed by atoms with Gasteiger partial charge >= 0.3 is 5.97 Å². The van der Waals surface area contributed by atoms with Gasteiger partial charge < -0.3 is 4.74 Å². The van der Waals surface area contributed by atoms with Gasteiger partial charge in [0.15, 0.2) is 0 Å². The molecule has 0 aliphatic heterocycles. The van der Waals surface area contributed by atoms with Crippen molar-refractivity contribution in [1.29, 1.82) is 0 Å². The van der Waals surface area contributed by atoms with Crippen LogP contribution in [0.1, 0.15) is 27.2 Å². The van der Waals surface area contributed by atoms with Gasteiger partial charge in [-0.05, 0) is 20.3 Å². The van der Waals surface area contributed by atoms with E-state index in [-0.39, 0.29) is 18.0 Å².